The molecule has 0 aliphatic carbocycles. The zero-order chi connectivity index (χ0) is 13.2. The van der Waals surface area contributed by atoms with Crippen molar-refractivity contribution in [3.05, 3.63) is 42.2 Å². The van der Waals surface area contributed by atoms with Crippen molar-refractivity contribution in [2.45, 2.75) is 13.0 Å². The third-order valence-electron chi connectivity index (χ3n) is 3.00. The van der Waals surface area contributed by atoms with Crippen LogP contribution in [0.1, 0.15) is 18.5 Å². The van der Waals surface area contributed by atoms with E-state index in [-0.39, 0.29) is 6.04 Å². The average Bonchev–Trinajstić information content (AvgIpc) is 2.93. The highest BCUT2D eigenvalue weighted by Crippen LogP contribution is 2.28. The van der Waals surface area contributed by atoms with Crippen LogP contribution in [0.5, 0.6) is 0 Å². The topological polar surface area (TPSA) is 89.9 Å². The molecule has 96 valence electrons. The van der Waals surface area contributed by atoms with Crippen molar-refractivity contribution in [3.63, 3.8) is 0 Å². The second-order valence-electron chi connectivity index (χ2n) is 4.32. The number of benzene rings is 1. The summed E-state index contributed by atoms with van der Waals surface area (Å²) in [5, 5.41) is 11.0. The van der Waals surface area contributed by atoms with E-state index in [2.05, 4.69) is 20.6 Å². The first-order valence-corrected chi connectivity index (χ1v) is 5.93. The summed E-state index contributed by atoms with van der Waals surface area (Å²) in [5.41, 5.74) is 9.49. The zero-order valence-corrected chi connectivity index (χ0v) is 10.4. The molecule has 6 heteroatoms. The van der Waals surface area contributed by atoms with Crippen LogP contribution in [0.3, 0.4) is 0 Å². The summed E-state index contributed by atoms with van der Waals surface area (Å²) < 4.78 is 4.74. The predicted octanol–water partition coefficient (Wildman–Crippen LogP) is 2.37. The number of anilines is 2. The molecule has 3 aromatic rings. The van der Waals surface area contributed by atoms with Gasteiger partial charge in [-0.3, -0.25) is 4.98 Å². The molecule has 3 rings (SSSR count). The largest absolute Gasteiger partial charge is 0.397 e. The van der Waals surface area contributed by atoms with Crippen LogP contribution >= 0.6 is 0 Å². The van der Waals surface area contributed by atoms with Crippen molar-refractivity contribution < 1.29 is 4.63 Å². The van der Waals surface area contributed by atoms with E-state index in [1.54, 1.807) is 12.3 Å². The van der Waals surface area contributed by atoms with E-state index in [0.717, 1.165) is 11.3 Å². The number of fused-ring (bicyclic) bond motifs is 1. The van der Waals surface area contributed by atoms with Crippen LogP contribution in [0, 0.1) is 0 Å². The minimum Gasteiger partial charge on any atom is -0.397 e. The van der Waals surface area contributed by atoms with Gasteiger partial charge in [-0.25, -0.2) is 4.63 Å². The number of aromatic nitrogens is 3. The van der Waals surface area contributed by atoms with Gasteiger partial charge in [0.05, 0.1) is 17.4 Å². The second kappa shape index (κ2) is 4.56. The molecule has 1 unspecified atom stereocenters. The van der Waals surface area contributed by atoms with E-state index in [1.807, 2.05) is 31.3 Å². The Labute approximate surface area is 109 Å². The molecule has 3 N–H and O–H groups in total. The molecule has 1 aromatic carbocycles. The van der Waals surface area contributed by atoms with E-state index in [9.17, 15) is 0 Å². The molecule has 19 heavy (non-hydrogen) atoms. The van der Waals surface area contributed by atoms with Gasteiger partial charge in [-0.05, 0) is 41.0 Å². The maximum Gasteiger partial charge on any atom is 0.160 e. The number of rotatable bonds is 3. The van der Waals surface area contributed by atoms with E-state index in [1.165, 1.54) is 0 Å². The highest BCUT2D eigenvalue weighted by molar-refractivity contribution is 5.95. The van der Waals surface area contributed by atoms with Gasteiger partial charge in [-0.1, -0.05) is 6.07 Å². The summed E-state index contributed by atoms with van der Waals surface area (Å²) in [4.78, 5) is 4.11. The highest BCUT2D eigenvalue weighted by Gasteiger charge is 2.12. The Bertz CT molecular complexity index is 695. The highest BCUT2D eigenvalue weighted by atomic mass is 16.6. The lowest BCUT2D eigenvalue weighted by atomic mass is 10.1. The third-order valence-corrected chi connectivity index (χ3v) is 3.00. The maximum absolute atomic E-state index is 5.81. The Kier molecular flexibility index (Phi) is 2.75. The monoisotopic (exact) mass is 255 g/mol. The summed E-state index contributed by atoms with van der Waals surface area (Å²) in [5.74, 6) is 0. The van der Waals surface area contributed by atoms with E-state index in [4.69, 9.17) is 10.4 Å². The lowest BCUT2D eigenvalue weighted by Crippen LogP contribution is -2.07. The van der Waals surface area contributed by atoms with Crippen LogP contribution in [-0.4, -0.2) is 15.3 Å². The summed E-state index contributed by atoms with van der Waals surface area (Å²) in [7, 11) is 0. The molecule has 0 radical (unpaired) electrons. The molecule has 0 bridgehead atoms. The van der Waals surface area contributed by atoms with Gasteiger partial charge in [0.25, 0.3) is 0 Å². The lowest BCUT2D eigenvalue weighted by molar-refractivity contribution is 0.315. The predicted molar refractivity (Wildman–Crippen MR) is 72.5 cm³/mol. The van der Waals surface area contributed by atoms with Crippen LogP contribution in [0.25, 0.3) is 11.0 Å². The van der Waals surface area contributed by atoms with E-state index < -0.39 is 0 Å². The van der Waals surface area contributed by atoms with Gasteiger partial charge in [0.1, 0.15) is 0 Å². The van der Waals surface area contributed by atoms with Crippen LogP contribution in [0.15, 0.2) is 41.3 Å². The Hall–Kier alpha value is -2.63. The van der Waals surface area contributed by atoms with Crippen molar-refractivity contribution in [1.29, 1.82) is 0 Å². The summed E-state index contributed by atoms with van der Waals surface area (Å²) in [6.45, 7) is 2.05. The fourth-order valence-electron chi connectivity index (χ4n) is 1.95. The van der Waals surface area contributed by atoms with E-state index in [0.29, 0.717) is 16.7 Å². The smallest absolute Gasteiger partial charge is 0.160 e. The maximum atomic E-state index is 5.81. The van der Waals surface area contributed by atoms with Crippen molar-refractivity contribution in [1.82, 2.24) is 15.3 Å². The molecular weight excluding hydrogens is 242 g/mol. The standard InChI is InChI=1S/C13H13N5O/c1-8(9-3-2-6-15-7-9)16-11-5-4-10(14)12-13(11)18-19-17-12/h2-8,16H,14H2,1H3. The Morgan fingerprint density at radius 3 is 2.84 bits per heavy atom. The molecule has 0 spiro atoms. The number of nitrogen functional groups attached to an aromatic ring is 1. The van der Waals surface area contributed by atoms with Crippen molar-refractivity contribution >= 4 is 22.4 Å². The van der Waals surface area contributed by atoms with Gasteiger partial charge in [0.2, 0.25) is 0 Å². The van der Waals surface area contributed by atoms with Crippen LogP contribution < -0.4 is 11.1 Å². The molecule has 2 aromatic heterocycles. The first-order chi connectivity index (χ1) is 9.25. The second-order valence-corrected chi connectivity index (χ2v) is 4.32. The summed E-state index contributed by atoms with van der Waals surface area (Å²) in [6.07, 6.45) is 3.58. The van der Waals surface area contributed by atoms with Crippen molar-refractivity contribution in [3.8, 4) is 0 Å². The number of hydrogen-bond donors (Lipinski definition) is 2. The van der Waals surface area contributed by atoms with Crippen molar-refractivity contribution in [2.75, 3.05) is 11.1 Å². The van der Waals surface area contributed by atoms with Gasteiger partial charge in [-0.15, -0.1) is 0 Å². The fourth-order valence-corrected chi connectivity index (χ4v) is 1.95. The van der Waals surface area contributed by atoms with Crippen molar-refractivity contribution in [2.24, 2.45) is 0 Å². The SMILES string of the molecule is CC(Nc1ccc(N)c2nonc12)c1cccnc1. The van der Waals surface area contributed by atoms with Gasteiger partial charge < -0.3 is 11.1 Å². The Morgan fingerprint density at radius 1 is 1.21 bits per heavy atom. The fraction of sp³-hybridized carbons (Fsp3) is 0.154. The molecule has 0 saturated carbocycles. The minimum atomic E-state index is 0.0947. The molecule has 2 heterocycles. The average molecular weight is 255 g/mol. The van der Waals surface area contributed by atoms with Gasteiger partial charge in [-0.2, -0.15) is 0 Å². The molecule has 0 amide bonds. The number of hydrogen-bond acceptors (Lipinski definition) is 6. The normalized spacial score (nSPS) is 12.5. The molecule has 0 aliphatic heterocycles. The van der Waals surface area contributed by atoms with Gasteiger partial charge in [0, 0.05) is 12.4 Å². The number of nitrogens with zero attached hydrogens (tertiary/aromatic N) is 3. The lowest BCUT2D eigenvalue weighted by Gasteiger charge is -2.15. The van der Waals surface area contributed by atoms with Crippen LogP contribution in [0.2, 0.25) is 0 Å². The summed E-state index contributed by atoms with van der Waals surface area (Å²) >= 11 is 0. The van der Waals surface area contributed by atoms with Gasteiger partial charge >= 0.3 is 0 Å². The summed E-state index contributed by atoms with van der Waals surface area (Å²) in [6, 6.07) is 7.67. The molecule has 1 atom stereocenters. The molecule has 0 aliphatic rings. The van der Waals surface area contributed by atoms with Crippen LogP contribution in [-0.2, 0) is 0 Å². The molecule has 6 nitrogen and oxygen atoms in total. The first-order valence-electron chi connectivity index (χ1n) is 5.93. The zero-order valence-electron chi connectivity index (χ0n) is 10.4. The van der Waals surface area contributed by atoms with Gasteiger partial charge in [0.15, 0.2) is 11.0 Å². The van der Waals surface area contributed by atoms with E-state index >= 15 is 0 Å². The Morgan fingerprint density at radius 2 is 2.05 bits per heavy atom. The Balaban J connectivity index is 1.94. The third kappa shape index (κ3) is 2.08. The molecule has 0 fully saturated rings. The van der Waals surface area contributed by atoms with Crippen LogP contribution in [0.4, 0.5) is 11.4 Å². The molecule has 0 saturated heterocycles. The number of nitrogens with one attached hydrogen (secondary N) is 1. The first kappa shape index (κ1) is 11.5. The number of nitrogens with two attached hydrogens (primary N) is 1. The quantitative estimate of drug-likeness (QED) is 0.698. The molecular formula is C13H13N5O. The minimum absolute atomic E-state index is 0.0947. The number of pyridine rings is 1.